The first kappa shape index (κ1) is 43.2. The fourth-order valence-electron chi connectivity index (χ4n) is 2.87. The molecule has 0 bridgehead atoms. The van der Waals surface area contributed by atoms with E-state index in [-0.39, 0.29) is 29.7 Å². The molecule has 0 unspecified atom stereocenters. The molecule has 0 heteroatoms. The van der Waals surface area contributed by atoms with E-state index in [2.05, 4.69) is 126 Å². The highest BCUT2D eigenvalue weighted by Gasteiger charge is 1.97. The van der Waals surface area contributed by atoms with Crippen LogP contribution in [0.2, 0.25) is 0 Å². The molecule has 0 N–H and O–H groups in total. The van der Waals surface area contributed by atoms with Crippen LogP contribution in [0.1, 0.15) is 90.8 Å². The molecule has 204 valence electrons. The molecule has 0 nitrogen and oxygen atoms in total. The van der Waals surface area contributed by atoms with Crippen molar-refractivity contribution < 1.29 is 0 Å². The Balaban J connectivity index is -0.000000121. The van der Waals surface area contributed by atoms with E-state index in [0.717, 1.165) is 0 Å². The number of hydrogen-bond donors (Lipinski definition) is 0. The van der Waals surface area contributed by atoms with Crippen LogP contribution in [0.5, 0.6) is 0 Å². The Hall–Kier alpha value is -2.86. The van der Waals surface area contributed by atoms with Gasteiger partial charge in [0.05, 0.1) is 0 Å². The molecule has 0 saturated heterocycles. The van der Waals surface area contributed by atoms with E-state index in [0.29, 0.717) is 0 Å². The third-order valence-electron chi connectivity index (χ3n) is 4.80. The molecule has 36 heavy (non-hydrogen) atoms. The van der Waals surface area contributed by atoms with Crippen LogP contribution in [0.3, 0.4) is 0 Å². The molecule has 0 heterocycles. The first-order chi connectivity index (χ1) is 15.4. The minimum atomic E-state index is 0. The average Bonchev–Trinajstić information content (AvgIpc) is 2.84. The molecular weight excluding hydrogens is 432 g/mol. The van der Waals surface area contributed by atoms with E-state index in [9.17, 15) is 0 Å². The number of rotatable bonds is 0. The lowest BCUT2D eigenvalue weighted by molar-refractivity contribution is 1.40. The average molecular weight is 493 g/mol. The lowest BCUT2D eigenvalue weighted by Crippen LogP contribution is -1.80. The van der Waals surface area contributed by atoms with Gasteiger partial charge < -0.3 is 0 Å². The predicted octanol–water partition coefficient (Wildman–Crippen LogP) is 12.7. The van der Waals surface area contributed by atoms with Gasteiger partial charge in [-0.25, -0.2) is 0 Å². The molecule has 4 aromatic rings. The van der Waals surface area contributed by atoms with E-state index >= 15 is 0 Å². The molecule has 0 aliphatic rings. The fraction of sp³-hybridized carbons (Fsp3) is 0.389. The topological polar surface area (TPSA) is 0 Å². The van der Waals surface area contributed by atoms with Crippen LogP contribution in [0, 0.1) is 41.5 Å². The van der Waals surface area contributed by atoms with Crippen LogP contribution in [0.15, 0.2) is 84.9 Å². The largest absolute Gasteiger partial charge is 0.0776 e. The normalized spacial score (nSPS) is 7.94. The summed E-state index contributed by atoms with van der Waals surface area (Å²) in [5.41, 5.74) is 8.03. The first-order valence-corrected chi connectivity index (χ1v) is 11.9. The second-order valence-corrected chi connectivity index (χ2v) is 7.55. The van der Waals surface area contributed by atoms with Crippen LogP contribution in [-0.4, -0.2) is 0 Å². The molecular formula is C36H60. The summed E-state index contributed by atoms with van der Waals surface area (Å²) in [5.74, 6) is 0. The van der Waals surface area contributed by atoms with Gasteiger partial charge in [0.2, 0.25) is 0 Å². The van der Waals surface area contributed by atoms with Crippen LogP contribution >= 0.6 is 0 Å². The standard InChI is InChI=1S/C12H12.2C8H10.2C2H6.4CH4/c1-9-7-8-10(2)12-6-4-3-5-11(9)12;2*1-7-3-5-8(2)6-4-7;2*1-2;;;;/h3-8H,1-2H3;2*3-6H,1-2H3;2*1-2H3;4*1H4. The number of aryl methyl sites for hydroxylation is 6. The van der Waals surface area contributed by atoms with Gasteiger partial charge in [-0.05, 0) is 63.4 Å². The van der Waals surface area contributed by atoms with Crippen molar-refractivity contribution in [1.29, 1.82) is 0 Å². The Bertz CT molecular complexity index is 864. The Morgan fingerprint density at radius 1 is 0.306 bits per heavy atom. The third-order valence-corrected chi connectivity index (χ3v) is 4.80. The Labute approximate surface area is 227 Å². The molecule has 4 rings (SSSR count). The molecule has 0 aliphatic carbocycles. The highest BCUT2D eigenvalue weighted by molar-refractivity contribution is 5.88. The summed E-state index contributed by atoms with van der Waals surface area (Å²) in [7, 11) is 0. The van der Waals surface area contributed by atoms with Gasteiger partial charge in [-0.2, -0.15) is 0 Å². The number of fused-ring (bicyclic) bond motifs is 1. The van der Waals surface area contributed by atoms with Crippen molar-refractivity contribution in [2.45, 2.75) is 98.9 Å². The Kier molecular flexibility index (Phi) is 30.3. The SMILES string of the molecule is C.C.C.C.CC.CC.Cc1ccc(C)c2ccccc12.Cc1ccc(C)cc1.Cc1ccc(C)cc1. The molecule has 0 amide bonds. The Morgan fingerprint density at radius 3 is 0.694 bits per heavy atom. The molecule has 0 aliphatic heterocycles. The van der Waals surface area contributed by atoms with Gasteiger partial charge in [0.25, 0.3) is 0 Å². The smallest absolute Gasteiger partial charge is 0.0152 e. The minimum absolute atomic E-state index is 0. The van der Waals surface area contributed by atoms with Crippen LogP contribution in [0.25, 0.3) is 10.8 Å². The number of benzene rings is 4. The lowest BCUT2D eigenvalue weighted by Gasteiger charge is -2.03. The van der Waals surface area contributed by atoms with Crippen LogP contribution in [-0.2, 0) is 0 Å². The van der Waals surface area contributed by atoms with E-state index < -0.39 is 0 Å². The monoisotopic (exact) mass is 492 g/mol. The second kappa shape index (κ2) is 25.2. The van der Waals surface area contributed by atoms with Crippen molar-refractivity contribution in [3.63, 3.8) is 0 Å². The van der Waals surface area contributed by atoms with Gasteiger partial charge in [0.15, 0.2) is 0 Å². The molecule has 0 aromatic heterocycles. The van der Waals surface area contributed by atoms with Gasteiger partial charge >= 0.3 is 0 Å². The van der Waals surface area contributed by atoms with Crippen molar-refractivity contribution >= 4 is 10.8 Å². The van der Waals surface area contributed by atoms with Gasteiger partial charge in [-0.3, -0.25) is 0 Å². The molecule has 0 radical (unpaired) electrons. The summed E-state index contributed by atoms with van der Waals surface area (Å²) in [5, 5.41) is 2.75. The first-order valence-electron chi connectivity index (χ1n) is 11.9. The lowest BCUT2D eigenvalue weighted by atomic mass is 10.0. The minimum Gasteiger partial charge on any atom is -0.0776 e. The maximum atomic E-state index is 2.18. The molecule has 0 spiro atoms. The van der Waals surface area contributed by atoms with Gasteiger partial charge in [0.1, 0.15) is 0 Å². The van der Waals surface area contributed by atoms with Crippen molar-refractivity contribution in [2.24, 2.45) is 0 Å². The summed E-state index contributed by atoms with van der Waals surface area (Å²) >= 11 is 0. The predicted molar refractivity (Wildman–Crippen MR) is 175 cm³/mol. The van der Waals surface area contributed by atoms with Gasteiger partial charge in [0, 0.05) is 0 Å². The molecule has 0 fully saturated rings. The maximum Gasteiger partial charge on any atom is -0.0152 e. The van der Waals surface area contributed by atoms with Gasteiger partial charge in [-0.1, -0.05) is 165 Å². The summed E-state index contributed by atoms with van der Waals surface area (Å²) < 4.78 is 0. The van der Waals surface area contributed by atoms with Crippen molar-refractivity contribution in [1.82, 2.24) is 0 Å². The summed E-state index contributed by atoms with van der Waals surface area (Å²) in [4.78, 5) is 0. The van der Waals surface area contributed by atoms with Crippen molar-refractivity contribution in [3.05, 3.63) is 118 Å². The fourth-order valence-corrected chi connectivity index (χ4v) is 2.87. The zero-order valence-electron chi connectivity index (χ0n) is 22.1. The third kappa shape index (κ3) is 16.7. The summed E-state index contributed by atoms with van der Waals surface area (Å²) in [6, 6.07) is 29.9. The van der Waals surface area contributed by atoms with E-state index in [1.165, 1.54) is 44.2 Å². The van der Waals surface area contributed by atoms with E-state index in [1.807, 2.05) is 27.7 Å². The van der Waals surface area contributed by atoms with Gasteiger partial charge in [-0.15, -0.1) is 0 Å². The second-order valence-electron chi connectivity index (χ2n) is 7.55. The van der Waals surface area contributed by atoms with Crippen LogP contribution in [0.4, 0.5) is 0 Å². The van der Waals surface area contributed by atoms with E-state index in [4.69, 9.17) is 0 Å². The molecule has 0 saturated carbocycles. The Morgan fingerprint density at radius 2 is 0.500 bits per heavy atom. The van der Waals surface area contributed by atoms with E-state index in [1.54, 1.807) is 0 Å². The van der Waals surface area contributed by atoms with Crippen LogP contribution < -0.4 is 0 Å². The zero-order valence-corrected chi connectivity index (χ0v) is 22.1. The highest BCUT2D eigenvalue weighted by atomic mass is 14.0. The quantitative estimate of drug-likeness (QED) is 0.229. The zero-order chi connectivity index (χ0) is 24.5. The van der Waals surface area contributed by atoms with Crippen molar-refractivity contribution in [3.8, 4) is 0 Å². The number of hydrogen-bond acceptors (Lipinski definition) is 0. The maximum absolute atomic E-state index is 2.18. The van der Waals surface area contributed by atoms with Crippen molar-refractivity contribution in [2.75, 3.05) is 0 Å². The molecule has 0 atom stereocenters. The summed E-state index contributed by atoms with van der Waals surface area (Å²) in [6.07, 6.45) is 0. The summed E-state index contributed by atoms with van der Waals surface area (Å²) in [6.45, 7) is 20.7. The molecule has 4 aromatic carbocycles. The highest BCUT2D eigenvalue weighted by Crippen LogP contribution is 2.21.